The van der Waals surface area contributed by atoms with Crippen LogP contribution in [0.2, 0.25) is 5.02 Å². The first kappa shape index (κ1) is 36.6. The van der Waals surface area contributed by atoms with E-state index in [2.05, 4.69) is 175 Å². The van der Waals surface area contributed by atoms with E-state index in [9.17, 15) is 0 Å². The molecule has 2 aliphatic carbocycles. The number of thiophene rings is 1. The molecular formula is C53H52BClN2S. The molecule has 3 heterocycles. The summed E-state index contributed by atoms with van der Waals surface area (Å²) in [6, 6.07) is 40.0. The number of anilines is 6. The first-order chi connectivity index (χ1) is 27.5. The van der Waals surface area contributed by atoms with Crippen molar-refractivity contribution in [3.05, 3.63) is 136 Å². The molecule has 0 saturated heterocycles. The fourth-order valence-corrected chi connectivity index (χ4v) is 12.7. The van der Waals surface area contributed by atoms with Crippen molar-refractivity contribution in [1.29, 1.82) is 0 Å². The molecule has 290 valence electrons. The van der Waals surface area contributed by atoms with E-state index in [-0.39, 0.29) is 28.4 Å². The SMILES string of the molecule is Cc1cc2c3c(c1)N(c1cccc4sc5ccccc5c14)c1cc(Cl)ccc1B3c1cc3c(cc1N2c1ccc2c(c1)C(C)(C)CCC2(C)C)C(C)(C)CCC3(C)C. The predicted octanol–water partition coefficient (Wildman–Crippen LogP) is 13.8. The van der Waals surface area contributed by atoms with Gasteiger partial charge in [0.1, 0.15) is 0 Å². The van der Waals surface area contributed by atoms with E-state index >= 15 is 0 Å². The summed E-state index contributed by atoms with van der Waals surface area (Å²) in [4.78, 5) is 5.21. The lowest BCUT2D eigenvalue weighted by Gasteiger charge is -2.48. The topological polar surface area (TPSA) is 6.48 Å². The van der Waals surface area contributed by atoms with E-state index in [4.69, 9.17) is 11.6 Å². The molecule has 0 atom stereocenters. The van der Waals surface area contributed by atoms with Gasteiger partial charge < -0.3 is 9.80 Å². The molecule has 2 aliphatic heterocycles. The van der Waals surface area contributed by atoms with Crippen LogP contribution in [0.25, 0.3) is 20.2 Å². The molecule has 6 aromatic carbocycles. The van der Waals surface area contributed by atoms with Crippen molar-refractivity contribution in [3.63, 3.8) is 0 Å². The van der Waals surface area contributed by atoms with E-state index in [1.807, 2.05) is 11.3 Å². The molecule has 0 unspecified atom stereocenters. The van der Waals surface area contributed by atoms with Gasteiger partial charge in [-0.1, -0.05) is 109 Å². The maximum atomic E-state index is 7.05. The number of halogens is 1. The largest absolute Gasteiger partial charge is 0.311 e. The second-order valence-corrected chi connectivity index (χ2v) is 22.0. The first-order valence-electron chi connectivity index (χ1n) is 21.3. The molecule has 5 heteroatoms. The van der Waals surface area contributed by atoms with Crippen LogP contribution in [0.5, 0.6) is 0 Å². The van der Waals surface area contributed by atoms with Gasteiger partial charge in [-0.25, -0.2) is 0 Å². The van der Waals surface area contributed by atoms with Gasteiger partial charge in [0.15, 0.2) is 0 Å². The molecule has 11 rings (SSSR count). The fourth-order valence-electron chi connectivity index (χ4n) is 11.4. The van der Waals surface area contributed by atoms with Crippen molar-refractivity contribution >= 4 is 100 Å². The molecule has 2 nitrogen and oxygen atoms in total. The summed E-state index contributed by atoms with van der Waals surface area (Å²) < 4.78 is 2.61. The Morgan fingerprint density at radius 2 is 1.12 bits per heavy atom. The van der Waals surface area contributed by atoms with Crippen LogP contribution in [-0.4, -0.2) is 6.71 Å². The van der Waals surface area contributed by atoms with Crippen molar-refractivity contribution in [1.82, 2.24) is 0 Å². The van der Waals surface area contributed by atoms with Crippen LogP contribution >= 0.6 is 22.9 Å². The smallest absolute Gasteiger partial charge is 0.252 e. The van der Waals surface area contributed by atoms with Crippen molar-refractivity contribution in [2.45, 2.75) is 110 Å². The van der Waals surface area contributed by atoms with Gasteiger partial charge in [-0.15, -0.1) is 11.3 Å². The zero-order chi connectivity index (χ0) is 40.3. The van der Waals surface area contributed by atoms with Crippen LogP contribution in [-0.2, 0) is 21.7 Å². The Labute approximate surface area is 353 Å². The molecule has 0 saturated carbocycles. The Bertz CT molecular complexity index is 2910. The Hall–Kier alpha value is -4.51. The van der Waals surface area contributed by atoms with Gasteiger partial charge in [0.2, 0.25) is 0 Å². The van der Waals surface area contributed by atoms with E-state index in [1.54, 1.807) is 0 Å². The second kappa shape index (κ2) is 12.0. The zero-order valence-corrected chi connectivity index (χ0v) is 37.0. The maximum absolute atomic E-state index is 7.05. The third-order valence-electron chi connectivity index (χ3n) is 14.9. The molecular weight excluding hydrogens is 743 g/mol. The Balaban J connectivity index is 1.26. The summed E-state index contributed by atoms with van der Waals surface area (Å²) >= 11 is 8.93. The standard InChI is InChI=1S/C53H52BClN2S/c1-31-25-44-49-45(26-31)57(41-14-12-16-47-48(41)34-13-10-11-15-46(34)58-47)42-27-32(55)17-20-39(42)54(49)40-29-37-38(53(8,9)24-23-52(37,6)7)30-43(40)56(44)33-18-19-35-36(28-33)51(4,5)22-21-50(35,2)3/h10-20,25-30H,21-24H2,1-9H3. The summed E-state index contributed by atoms with van der Waals surface area (Å²) in [6.45, 7) is 22.0. The molecule has 1 aromatic heterocycles. The number of aryl methyl sites for hydroxylation is 1. The molecule has 0 radical (unpaired) electrons. The normalized spacial score (nSPS) is 19.0. The molecule has 0 bridgehead atoms. The van der Waals surface area contributed by atoms with Crippen LogP contribution in [0.15, 0.2) is 103 Å². The van der Waals surface area contributed by atoms with Crippen molar-refractivity contribution in [2.24, 2.45) is 0 Å². The van der Waals surface area contributed by atoms with Gasteiger partial charge in [-0.3, -0.25) is 0 Å². The molecule has 7 aromatic rings. The number of nitrogens with zero attached hydrogens (tertiary/aromatic N) is 2. The third kappa shape index (κ3) is 5.10. The number of benzene rings is 6. The van der Waals surface area contributed by atoms with Gasteiger partial charge in [0, 0.05) is 53.6 Å². The summed E-state index contributed by atoms with van der Waals surface area (Å²) in [5, 5.41) is 3.36. The maximum Gasteiger partial charge on any atom is 0.252 e. The van der Waals surface area contributed by atoms with E-state index < -0.39 is 0 Å². The van der Waals surface area contributed by atoms with Gasteiger partial charge in [-0.2, -0.15) is 0 Å². The summed E-state index contributed by atoms with van der Waals surface area (Å²) in [5.41, 5.74) is 19.1. The molecule has 58 heavy (non-hydrogen) atoms. The highest BCUT2D eigenvalue weighted by Gasteiger charge is 2.47. The van der Waals surface area contributed by atoms with Gasteiger partial charge >= 0.3 is 0 Å². The Morgan fingerprint density at radius 3 is 1.84 bits per heavy atom. The van der Waals surface area contributed by atoms with Crippen LogP contribution in [0.1, 0.15) is 109 Å². The highest BCUT2D eigenvalue weighted by atomic mass is 35.5. The Kier molecular flexibility index (Phi) is 7.59. The average molecular weight is 795 g/mol. The Morgan fingerprint density at radius 1 is 0.517 bits per heavy atom. The first-order valence-corrected chi connectivity index (χ1v) is 22.5. The van der Waals surface area contributed by atoms with Crippen LogP contribution in [0.4, 0.5) is 34.1 Å². The van der Waals surface area contributed by atoms with Gasteiger partial charge in [0.05, 0.1) is 5.69 Å². The highest BCUT2D eigenvalue weighted by molar-refractivity contribution is 7.26. The van der Waals surface area contributed by atoms with Crippen LogP contribution in [0.3, 0.4) is 0 Å². The molecule has 0 spiro atoms. The molecule has 0 amide bonds. The summed E-state index contributed by atoms with van der Waals surface area (Å²) in [7, 11) is 0. The average Bonchev–Trinajstić information content (AvgIpc) is 3.57. The quantitative estimate of drug-likeness (QED) is 0.161. The minimum atomic E-state index is 0.0397. The van der Waals surface area contributed by atoms with E-state index in [0.717, 1.165) is 5.02 Å². The van der Waals surface area contributed by atoms with E-state index in [1.165, 1.54) is 124 Å². The van der Waals surface area contributed by atoms with Crippen molar-refractivity contribution < 1.29 is 0 Å². The van der Waals surface area contributed by atoms with Gasteiger partial charge in [-0.05, 0) is 159 Å². The lowest BCUT2D eigenvalue weighted by Crippen LogP contribution is -2.61. The third-order valence-corrected chi connectivity index (χ3v) is 16.2. The summed E-state index contributed by atoms with van der Waals surface area (Å²) in [5.74, 6) is 0. The van der Waals surface area contributed by atoms with Crippen molar-refractivity contribution in [3.8, 4) is 0 Å². The molecule has 0 N–H and O–H groups in total. The number of hydrogen-bond donors (Lipinski definition) is 0. The minimum absolute atomic E-state index is 0.0397. The highest BCUT2D eigenvalue weighted by Crippen LogP contribution is 2.53. The van der Waals surface area contributed by atoms with Crippen LogP contribution in [0, 0.1) is 6.92 Å². The van der Waals surface area contributed by atoms with E-state index in [0.29, 0.717) is 0 Å². The zero-order valence-electron chi connectivity index (χ0n) is 35.4. The monoisotopic (exact) mass is 794 g/mol. The second-order valence-electron chi connectivity index (χ2n) is 20.5. The summed E-state index contributed by atoms with van der Waals surface area (Å²) in [6.07, 6.45) is 4.74. The number of fused-ring (bicyclic) bond motifs is 9. The fraction of sp³-hybridized carbons (Fsp3) is 0.321. The van der Waals surface area contributed by atoms with Crippen molar-refractivity contribution in [2.75, 3.05) is 9.80 Å². The molecule has 4 aliphatic rings. The lowest BCUT2D eigenvalue weighted by molar-refractivity contribution is 0.332. The van der Waals surface area contributed by atoms with Crippen LogP contribution < -0.4 is 26.2 Å². The van der Waals surface area contributed by atoms with Gasteiger partial charge in [0.25, 0.3) is 6.71 Å². The minimum Gasteiger partial charge on any atom is -0.311 e. The number of rotatable bonds is 2. The lowest BCUT2D eigenvalue weighted by atomic mass is 9.33. The predicted molar refractivity (Wildman–Crippen MR) is 254 cm³/mol. The molecule has 0 fully saturated rings. The number of hydrogen-bond acceptors (Lipinski definition) is 3.